The molecule has 14 aromatic rings. The number of benzene rings is 13. The first-order valence-electron chi connectivity index (χ1n) is 29.8. The maximum Gasteiger partial charge on any atom is 0.260 e. The Morgan fingerprint density at radius 3 is 1.21 bits per heavy atom. The Kier molecular flexibility index (Phi) is 11.0. The Bertz CT molecular complexity index is 4900. The third-order valence-electron chi connectivity index (χ3n) is 18.0. The molecule has 0 fully saturated rings. The minimum absolute atomic E-state index is 0.173. The Morgan fingerprint density at radius 1 is 0.253 bits per heavy atom. The molecule has 4 aliphatic rings. The molecule has 13 aromatic carbocycles. The molecule has 0 radical (unpaired) electrons. The first-order valence-corrected chi connectivity index (χ1v) is 29.8. The molecule has 0 aliphatic carbocycles. The lowest BCUT2D eigenvalue weighted by atomic mass is 9.31. The van der Waals surface area contributed by atoms with Crippen molar-refractivity contribution in [3.63, 3.8) is 0 Å². The molecule has 7 nitrogen and oxygen atoms in total. The summed E-state index contributed by atoms with van der Waals surface area (Å²) >= 11 is 0. The van der Waals surface area contributed by atoms with Crippen molar-refractivity contribution < 1.29 is 9.47 Å². The van der Waals surface area contributed by atoms with E-state index in [0.29, 0.717) is 0 Å². The van der Waals surface area contributed by atoms with Gasteiger partial charge in [-0.15, -0.1) is 0 Å². The SMILES string of the molecule is c1ccc(N(c2ccccc2)c2cc3c4c(c2)Oc2cc5c(cc2B4c2ccc(-n4c6ccccc6c6ccccc64)cc2O3)B2c3ccccc3N(c3ccccc3)c3cc(N(c4ccccc4)c4ccccc4)cc(c32)N5c2ccccc2)cc1. The predicted molar refractivity (Wildman–Crippen MR) is 362 cm³/mol. The number of fused-ring (bicyclic) bond motifs is 11. The van der Waals surface area contributed by atoms with Crippen LogP contribution in [-0.4, -0.2) is 18.0 Å². The molecule has 0 bridgehead atoms. The third-order valence-corrected chi connectivity index (χ3v) is 18.0. The van der Waals surface area contributed by atoms with Crippen molar-refractivity contribution in [3.05, 3.63) is 309 Å². The first-order chi connectivity index (χ1) is 43.2. The Balaban J connectivity index is 0.906. The van der Waals surface area contributed by atoms with Gasteiger partial charge < -0.3 is 33.6 Å². The van der Waals surface area contributed by atoms with E-state index in [1.807, 2.05) is 0 Å². The van der Waals surface area contributed by atoms with E-state index >= 15 is 0 Å². The number of nitrogens with zero attached hydrogens (tertiary/aromatic N) is 5. The van der Waals surface area contributed by atoms with Crippen LogP contribution in [0.25, 0.3) is 27.5 Å². The van der Waals surface area contributed by atoms with Crippen LogP contribution in [0.2, 0.25) is 0 Å². The molecule has 0 spiro atoms. The number of anilines is 12. The third kappa shape index (κ3) is 7.66. The standard InChI is InChI=1S/C78H51B2N5O2/c1-7-25-52(26-8-1)81(53-27-9-2-10-28-53)59-45-71-77-72(46-59)84(57-35-17-6-18-36-57)70-51-74-66(50-65(70)79(77)63-39-21-24-42-69(63)83(71)56-33-15-5-16-34-56)80-64-44-43-58(85-67-40-22-19-37-61(67)62-38-20-23-41-68(62)85)47-73(64)86-75-48-60(49-76(87-74)78(75)80)82(54-29-11-3-12-30-54)55-31-13-4-14-32-55/h1-51H. The Hall–Kier alpha value is -11.4. The fraction of sp³-hybridized carbons (Fsp3) is 0. The molecule has 18 rings (SSSR count). The molecule has 0 unspecified atom stereocenters. The highest BCUT2D eigenvalue weighted by Gasteiger charge is 2.48. The van der Waals surface area contributed by atoms with Crippen LogP contribution in [0.5, 0.6) is 23.0 Å². The summed E-state index contributed by atoms with van der Waals surface area (Å²) in [7, 11) is 0. The second kappa shape index (κ2) is 19.6. The Labute approximate surface area is 505 Å². The average molecular weight is 1110 g/mol. The van der Waals surface area contributed by atoms with Crippen molar-refractivity contribution in [1.29, 1.82) is 0 Å². The van der Waals surface area contributed by atoms with E-state index in [9.17, 15) is 0 Å². The molecule has 87 heavy (non-hydrogen) atoms. The molecule has 0 saturated carbocycles. The second-order valence-corrected chi connectivity index (χ2v) is 22.8. The number of rotatable bonds is 9. The van der Waals surface area contributed by atoms with Crippen LogP contribution in [0.4, 0.5) is 68.2 Å². The van der Waals surface area contributed by atoms with Gasteiger partial charge in [0.15, 0.2) is 0 Å². The number of hydrogen-bond acceptors (Lipinski definition) is 6. The summed E-state index contributed by atoms with van der Waals surface area (Å²) in [6, 6.07) is 112. The van der Waals surface area contributed by atoms with Gasteiger partial charge >= 0.3 is 0 Å². The number of para-hydroxylation sites is 9. The van der Waals surface area contributed by atoms with Crippen LogP contribution in [0.15, 0.2) is 309 Å². The number of ether oxygens (including phenoxy) is 2. The highest BCUT2D eigenvalue weighted by Crippen LogP contribution is 2.50. The normalized spacial score (nSPS) is 12.9. The summed E-state index contributed by atoms with van der Waals surface area (Å²) in [5.74, 6) is 3.11. The number of aromatic nitrogens is 1. The van der Waals surface area contributed by atoms with E-state index in [0.717, 1.165) is 124 Å². The van der Waals surface area contributed by atoms with Crippen LogP contribution in [0, 0.1) is 0 Å². The molecule has 5 heterocycles. The van der Waals surface area contributed by atoms with Gasteiger partial charge in [-0.3, -0.25) is 0 Å². The minimum Gasteiger partial charge on any atom is -0.458 e. The van der Waals surface area contributed by atoms with Crippen molar-refractivity contribution in [2.24, 2.45) is 0 Å². The van der Waals surface area contributed by atoms with Gasteiger partial charge in [-0.25, -0.2) is 0 Å². The molecule has 0 amide bonds. The van der Waals surface area contributed by atoms with Gasteiger partial charge in [0.2, 0.25) is 0 Å². The summed E-state index contributed by atoms with van der Waals surface area (Å²) in [5, 5.41) is 2.42. The Morgan fingerprint density at radius 2 is 0.678 bits per heavy atom. The molecule has 406 valence electrons. The smallest absolute Gasteiger partial charge is 0.260 e. The van der Waals surface area contributed by atoms with E-state index < -0.39 is 0 Å². The zero-order chi connectivity index (χ0) is 57.1. The summed E-state index contributed by atoms with van der Waals surface area (Å²) in [6.45, 7) is -0.428. The molecular weight excluding hydrogens is 1060 g/mol. The van der Waals surface area contributed by atoms with E-state index in [2.05, 4.69) is 334 Å². The minimum atomic E-state index is -0.255. The van der Waals surface area contributed by atoms with Gasteiger partial charge in [0.25, 0.3) is 13.4 Å². The van der Waals surface area contributed by atoms with Crippen molar-refractivity contribution >= 4 is 136 Å². The van der Waals surface area contributed by atoms with Gasteiger partial charge in [0.05, 0.1) is 22.4 Å². The van der Waals surface area contributed by atoms with Gasteiger partial charge in [0, 0.05) is 103 Å². The fourth-order valence-corrected chi connectivity index (χ4v) is 14.4. The topological polar surface area (TPSA) is 36.4 Å². The number of hydrogen-bond donors (Lipinski definition) is 0. The quantitative estimate of drug-likeness (QED) is 0.134. The summed E-state index contributed by atoms with van der Waals surface area (Å²) in [5.41, 5.74) is 22.8. The maximum atomic E-state index is 7.59. The molecule has 0 saturated heterocycles. The summed E-state index contributed by atoms with van der Waals surface area (Å²) < 4.78 is 17.4. The van der Waals surface area contributed by atoms with Crippen LogP contribution in [0.3, 0.4) is 0 Å². The van der Waals surface area contributed by atoms with Gasteiger partial charge in [0.1, 0.15) is 23.0 Å². The van der Waals surface area contributed by atoms with Crippen LogP contribution in [0.1, 0.15) is 0 Å². The van der Waals surface area contributed by atoms with E-state index in [-0.39, 0.29) is 13.4 Å². The molecule has 0 atom stereocenters. The average Bonchev–Trinajstić information content (AvgIpc) is 1.27. The van der Waals surface area contributed by atoms with Crippen molar-refractivity contribution in [2.45, 2.75) is 0 Å². The summed E-state index contributed by atoms with van der Waals surface area (Å²) in [4.78, 5) is 9.65. The predicted octanol–water partition coefficient (Wildman–Crippen LogP) is 16.5. The molecule has 4 aliphatic heterocycles. The van der Waals surface area contributed by atoms with Crippen LogP contribution in [-0.2, 0) is 0 Å². The first kappa shape index (κ1) is 49.1. The molecule has 1 aromatic heterocycles. The van der Waals surface area contributed by atoms with Gasteiger partial charge in [-0.05, 0) is 137 Å². The van der Waals surface area contributed by atoms with Crippen LogP contribution < -0.4 is 61.9 Å². The van der Waals surface area contributed by atoms with Crippen molar-refractivity contribution in [3.8, 4) is 28.7 Å². The lowest BCUT2D eigenvalue weighted by Gasteiger charge is -2.45. The summed E-state index contributed by atoms with van der Waals surface area (Å²) in [6.07, 6.45) is 0. The van der Waals surface area contributed by atoms with Crippen LogP contribution >= 0.6 is 0 Å². The molecular formula is C78H51B2N5O2. The highest BCUT2D eigenvalue weighted by atomic mass is 16.5. The van der Waals surface area contributed by atoms with E-state index in [1.54, 1.807) is 0 Å². The van der Waals surface area contributed by atoms with E-state index in [1.165, 1.54) is 27.2 Å². The van der Waals surface area contributed by atoms with E-state index in [4.69, 9.17) is 9.47 Å². The highest BCUT2D eigenvalue weighted by molar-refractivity contribution is 7.02. The maximum absolute atomic E-state index is 7.59. The molecule has 9 heteroatoms. The zero-order valence-electron chi connectivity index (χ0n) is 47.2. The lowest BCUT2D eigenvalue weighted by Crippen LogP contribution is -2.64. The lowest BCUT2D eigenvalue weighted by molar-refractivity contribution is 0.465. The monoisotopic (exact) mass is 1110 g/mol. The molecule has 0 N–H and O–H groups in total. The van der Waals surface area contributed by atoms with Gasteiger partial charge in [-0.2, -0.15) is 0 Å². The van der Waals surface area contributed by atoms with Gasteiger partial charge in [-0.1, -0.05) is 176 Å². The van der Waals surface area contributed by atoms with Crippen molar-refractivity contribution in [1.82, 2.24) is 4.57 Å². The largest absolute Gasteiger partial charge is 0.458 e. The fourth-order valence-electron chi connectivity index (χ4n) is 14.4. The second-order valence-electron chi connectivity index (χ2n) is 22.8. The van der Waals surface area contributed by atoms with Crippen molar-refractivity contribution in [2.75, 3.05) is 19.6 Å². The zero-order valence-corrected chi connectivity index (χ0v) is 47.2.